The molecule has 0 fully saturated rings. The number of anilines is 1. The highest BCUT2D eigenvalue weighted by molar-refractivity contribution is 6.33. The van der Waals surface area contributed by atoms with Gasteiger partial charge in [-0.25, -0.2) is 0 Å². The van der Waals surface area contributed by atoms with Crippen LogP contribution in [-0.4, -0.2) is 23.7 Å². The first-order valence-electron chi connectivity index (χ1n) is 4.51. The fraction of sp³-hybridized carbons (Fsp3) is 0.300. The number of carbonyl (C=O) groups excluding carboxylic acids is 1. The van der Waals surface area contributed by atoms with E-state index in [1.165, 1.54) is 6.07 Å². The lowest BCUT2D eigenvalue weighted by Crippen LogP contribution is -2.34. The highest BCUT2D eigenvalue weighted by Gasteiger charge is 2.09. The van der Waals surface area contributed by atoms with Crippen LogP contribution in [0.25, 0.3) is 0 Å². The van der Waals surface area contributed by atoms with Crippen LogP contribution in [0.4, 0.5) is 5.69 Å². The molecule has 0 radical (unpaired) electrons. The molecule has 82 valence electrons. The zero-order chi connectivity index (χ0) is 11.4. The van der Waals surface area contributed by atoms with Gasteiger partial charge in [-0.2, -0.15) is 0 Å². The van der Waals surface area contributed by atoms with Crippen LogP contribution in [0.1, 0.15) is 17.3 Å². The van der Waals surface area contributed by atoms with Crippen molar-refractivity contribution in [3.63, 3.8) is 0 Å². The SMILES string of the molecule is C[C@@H](CO)NC(=O)c1ccc(N)c(Cl)c1. The second-order valence-corrected chi connectivity index (χ2v) is 3.70. The molecular formula is C10H13ClN2O2. The van der Waals surface area contributed by atoms with E-state index in [9.17, 15) is 4.79 Å². The predicted octanol–water partition coefficient (Wildman–Crippen LogP) is 1.03. The summed E-state index contributed by atoms with van der Waals surface area (Å²) in [5.41, 5.74) is 6.37. The van der Waals surface area contributed by atoms with Gasteiger partial charge in [-0.05, 0) is 25.1 Å². The molecule has 1 aromatic rings. The number of rotatable bonds is 3. The summed E-state index contributed by atoms with van der Waals surface area (Å²) < 4.78 is 0. The van der Waals surface area contributed by atoms with Crippen LogP contribution in [0.3, 0.4) is 0 Å². The van der Waals surface area contributed by atoms with E-state index >= 15 is 0 Å². The summed E-state index contributed by atoms with van der Waals surface area (Å²) in [5, 5.41) is 11.7. The van der Waals surface area contributed by atoms with Gasteiger partial charge >= 0.3 is 0 Å². The Kier molecular flexibility index (Phi) is 3.94. The summed E-state index contributed by atoms with van der Waals surface area (Å²) in [6.45, 7) is 1.60. The van der Waals surface area contributed by atoms with Crippen LogP contribution in [-0.2, 0) is 0 Å². The van der Waals surface area contributed by atoms with Crippen LogP contribution in [0.15, 0.2) is 18.2 Å². The lowest BCUT2D eigenvalue weighted by molar-refractivity contribution is 0.0922. The fourth-order valence-corrected chi connectivity index (χ4v) is 1.20. The molecule has 15 heavy (non-hydrogen) atoms. The summed E-state index contributed by atoms with van der Waals surface area (Å²) in [5.74, 6) is -0.279. The molecule has 0 aromatic heterocycles. The van der Waals surface area contributed by atoms with Gasteiger partial charge < -0.3 is 16.2 Å². The monoisotopic (exact) mass is 228 g/mol. The summed E-state index contributed by atoms with van der Waals surface area (Å²) >= 11 is 5.77. The number of carbonyl (C=O) groups is 1. The topological polar surface area (TPSA) is 75.3 Å². The maximum Gasteiger partial charge on any atom is 0.251 e. The van der Waals surface area contributed by atoms with E-state index in [0.717, 1.165) is 0 Å². The largest absolute Gasteiger partial charge is 0.398 e. The molecule has 1 aromatic carbocycles. The Balaban J connectivity index is 2.78. The third-order valence-electron chi connectivity index (χ3n) is 1.91. The van der Waals surface area contributed by atoms with Crippen LogP contribution in [0.5, 0.6) is 0 Å². The summed E-state index contributed by atoms with van der Waals surface area (Å²) in [6, 6.07) is 4.37. The number of aliphatic hydroxyl groups is 1. The smallest absolute Gasteiger partial charge is 0.251 e. The van der Waals surface area contributed by atoms with Crippen LogP contribution in [0, 0.1) is 0 Å². The lowest BCUT2D eigenvalue weighted by Gasteiger charge is -2.11. The number of nitrogens with two attached hydrogens (primary N) is 1. The molecule has 0 spiro atoms. The second kappa shape index (κ2) is 5.00. The minimum absolute atomic E-state index is 0.103. The third kappa shape index (κ3) is 3.11. The van der Waals surface area contributed by atoms with Gasteiger partial charge in [0.1, 0.15) is 0 Å². The Morgan fingerprint density at radius 1 is 1.67 bits per heavy atom. The number of hydrogen-bond acceptors (Lipinski definition) is 3. The van der Waals surface area contributed by atoms with E-state index in [0.29, 0.717) is 16.3 Å². The normalized spacial score (nSPS) is 12.2. The number of amides is 1. The minimum Gasteiger partial charge on any atom is -0.398 e. The van der Waals surface area contributed by atoms with E-state index in [1.54, 1.807) is 19.1 Å². The standard InChI is InChI=1S/C10H13ClN2O2/c1-6(5-14)13-10(15)7-2-3-9(12)8(11)4-7/h2-4,6,14H,5,12H2,1H3,(H,13,15)/t6-/m0/s1. The maximum absolute atomic E-state index is 11.6. The second-order valence-electron chi connectivity index (χ2n) is 3.29. The summed E-state index contributed by atoms with van der Waals surface area (Å²) in [6.07, 6.45) is 0. The molecule has 5 heteroatoms. The molecule has 1 rings (SSSR count). The van der Waals surface area contributed by atoms with Crippen molar-refractivity contribution in [2.45, 2.75) is 13.0 Å². The number of aliphatic hydroxyl groups excluding tert-OH is 1. The molecule has 4 N–H and O–H groups in total. The molecule has 0 aliphatic carbocycles. The molecule has 0 bridgehead atoms. The molecular weight excluding hydrogens is 216 g/mol. The van der Waals surface area contributed by atoms with Crippen molar-refractivity contribution in [2.24, 2.45) is 0 Å². The first-order chi connectivity index (χ1) is 7.04. The van der Waals surface area contributed by atoms with Crippen molar-refractivity contribution < 1.29 is 9.90 Å². The van der Waals surface area contributed by atoms with Gasteiger partial charge in [0.25, 0.3) is 5.91 Å². The van der Waals surface area contributed by atoms with Crippen LogP contribution in [0.2, 0.25) is 5.02 Å². The molecule has 0 aliphatic heterocycles. The molecule has 0 heterocycles. The van der Waals surface area contributed by atoms with Gasteiger partial charge in [0.15, 0.2) is 0 Å². The van der Waals surface area contributed by atoms with Gasteiger partial charge in [-0.3, -0.25) is 4.79 Å². The van der Waals surface area contributed by atoms with E-state index in [-0.39, 0.29) is 18.6 Å². The fourth-order valence-electron chi connectivity index (χ4n) is 1.02. The number of halogens is 1. The Morgan fingerprint density at radius 2 is 2.33 bits per heavy atom. The predicted molar refractivity (Wildman–Crippen MR) is 59.9 cm³/mol. The van der Waals surface area contributed by atoms with Crippen molar-refractivity contribution >= 4 is 23.2 Å². The van der Waals surface area contributed by atoms with Gasteiger partial charge in [-0.15, -0.1) is 0 Å². The van der Waals surface area contributed by atoms with Crippen LogP contribution >= 0.6 is 11.6 Å². The Labute approximate surface area is 93.0 Å². The Bertz CT molecular complexity index is 368. The average molecular weight is 229 g/mol. The quantitative estimate of drug-likeness (QED) is 0.677. The van der Waals surface area contributed by atoms with Crippen molar-refractivity contribution in [1.82, 2.24) is 5.32 Å². The number of nitrogens with one attached hydrogen (secondary N) is 1. The molecule has 1 amide bonds. The first kappa shape index (κ1) is 11.8. The zero-order valence-electron chi connectivity index (χ0n) is 8.33. The Hall–Kier alpha value is -1.26. The summed E-state index contributed by atoms with van der Waals surface area (Å²) in [4.78, 5) is 11.6. The van der Waals surface area contributed by atoms with Crippen molar-refractivity contribution in [3.8, 4) is 0 Å². The first-order valence-corrected chi connectivity index (χ1v) is 4.89. The Morgan fingerprint density at radius 3 is 2.87 bits per heavy atom. The van der Waals surface area contributed by atoms with Crippen molar-refractivity contribution in [1.29, 1.82) is 0 Å². The van der Waals surface area contributed by atoms with Gasteiger partial charge in [0.2, 0.25) is 0 Å². The molecule has 0 saturated heterocycles. The van der Waals surface area contributed by atoms with Gasteiger partial charge in [0.05, 0.1) is 17.3 Å². The molecule has 1 atom stereocenters. The van der Waals surface area contributed by atoms with Gasteiger partial charge in [0, 0.05) is 11.6 Å². The van der Waals surface area contributed by atoms with E-state index in [1.807, 2.05) is 0 Å². The van der Waals surface area contributed by atoms with Crippen molar-refractivity contribution in [2.75, 3.05) is 12.3 Å². The van der Waals surface area contributed by atoms with Crippen LogP contribution < -0.4 is 11.1 Å². The highest BCUT2D eigenvalue weighted by atomic mass is 35.5. The number of benzene rings is 1. The van der Waals surface area contributed by atoms with E-state index in [2.05, 4.69) is 5.32 Å². The molecule has 0 saturated carbocycles. The molecule has 0 unspecified atom stereocenters. The number of hydrogen-bond donors (Lipinski definition) is 3. The highest BCUT2D eigenvalue weighted by Crippen LogP contribution is 2.19. The van der Waals surface area contributed by atoms with Gasteiger partial charge in [-0.1, -0.05) is 11.6 Å². The molecule has 4 nitrogen and oxygen atoms in total. The third-order valence-corrected chi connectivity index (χ3v) is 2.24. The number of nitrogen functional groups attached to an aromatic ring is 1. The minimum atomic E-state index is -0.283. The average Bonchev–Trinajstić information content (AvgIpc) is 2.21. The maximum atomic E-state index is 11.6. The summed E-state index contributed by atoms with van der Waals surface area (Å²) in [7, 11) is 0. The lowest BCUT2D eigenvalue weighted by atomic mass is 10.2. The molecule has 0 aliphatic rings. The van der Waals surface area contributed by atoms with E-state index < -0.39 is 0 Å². The van der Waals surface area contributed by atoms with E-state index in [4.69, 9.17) is 22.4 Å². The zero-order valence-corrected chi connectivity index (χ0v) is 9.08. The van der Waals surface area contributed by atoms with Crippen molar-refractivity contribution in [3.05, 3.63) is 28.8 Å².